The van der Waals surface area contributed by atoms with E-state index in [9.17, 15) is 0 Å². The van der Waals surface area contributed by atoms with Crippen molar-refractivity contribution in [1.82, 2.24) is 19.6 Å². The Balaban J connectivity index is 0.000000158. The van der Waals surface area contributed by atoms with Gasteiger partial charge in [0.1, 0.15) is 0 Å². The van der Waals surface area contributed by atoms with Crippen molar-refractivity contribution in [3.8, 4) is 23.7 Å². The standard InChI is InChI=1S/2C28H34N2S/c2*1-31-24-13-11-23(12-14-24)27-21-30-19-7-9-28(30)25-15-10-22(20-26(25)27)8-3-6-18-29-16-4-2-5-17-29/h2*10-15,20,27-28H,2,4-7,9,16-19,21H2,1H3/t27-,28+;27-,28-/m10/s1. The normalized spacial score (nSPS) is 23.6. The molecule has 10 rings (SSSR count). The Bertz CT molecular complexity index is 2060. The second kappa shape index (κ2) is 21.5. The molecule has 6 aliphatic heterocycles. The Kier molecular flexibility index (Phi) is 15.2. The molecule has 0 radical (unpaired) electrons. The summed E-state index contributed by atoms with van der Waals surface area (Å²) in [5.74, 6) is 14.8. The molecule has 62 heavy (non-hydrogen) atoms. The van der Waals surface area contributed by atoms with Gasteiger partial charge in [0.05, 0.1) is 0 Å². The highest BCUT2D eigenvalue weighted by Gasteiger charge is 2.38. The Labute approximate surface area is 383 Å². The summed E-state index contributed by atoms with van der Waals surface area (Å²) in [5, 5.41) is 0. The molecule has 6 aliphatic rings. The lowest BCUT2D eigenvalue weighted by Gasteiger charge is -2.37. The van der Waals surface area contributed by atoms with Crippen molar-refractivity contribution in [2.45, 2.75) is 111 Å². The van der Waals surface area contributed by atoms with Crippen molar-refractivity contribution < 1.29 is 0 Å². The van der Waals surface area contributed by atoms with Crippen molar-refractivity contribution in [2.24, 2.45) is 0 Å². The Morgan fingerprint density at radius 1 is 0.468 bits per heavy atom. The average molecular weight is 861 g/mol. The largest absolute Gasteiger partial charge is 0.302 e. The highest BCUT2D eigenvalue weighted by molar-refractivity contribution is 7.98. The predicted octanol–water partition coefficient (Wildman–Crippen LogP) is 11.8. The van der Waals surface area contributed by atoms with Crippen molar-refractivity contribution in [3.63, 3.8) is 0 Å². The second-order valence-electron chi connectivity index (χ2n) is 18.6. The molecule has 0 amide bonds. The van der Waals surface area contributed by atoms with Gasteiger partial charge >= 0.3 is 0 Å². The van der Waals surface area contributed by atoms with Crippen molar-refractivity contribution >= 4 is 23.5 Å². The maximum atomic E-state index is 3.49. The lowest BCUT2D eigenvalue weighted by Crippen LogP contribution is -2.34. The third kappa shape index (κ3) is 10.6. The maximum absolute atomic E-state index is 3.49. The van der Waals surface area contributed by atoms with Gasteiger partial charge < -0.3 is 9.80 Å². The van der Waals surface area contributed by atoms with E-state index in [2.05, 4.69) is 141 Å². The van der Waals surface area contributed by atoms with Crippen LogP contribution in [0.15, 0.2) is 94.7 Å². The van der Waals surface area contributed by atoms with Gasteiger partial charge in [-0.15, -0.1) is 23.5 Å². The van der Waals surface area contributed by atoms with Crippen molar-refractivity contribution in [3.05, 3.63) is 129 Å². The number of thioether (sulfide) groups is 2. The van der Waals surface area contributed by atoms with Gasteiger partial charge in [-0.25, -0.2) is 0 Å². The van der Waals surface area contributed by atoms with E-state index in [1.165, 1.54) is 147 Å². The van der Waals surface area contributed by atoms with E-state index in [1.807, 2.05) is 23.5 Å². The molecule has 4 aromatic carbocycles. The highest BCUT2D eigenvalue weighted by Crippen LogP contribution is 2.46. The number of piperidine rings is 2. The van der Waals surface area contributed by atoms with Crippen LogP contribution in [0.2, 0.25) is 0 Å². The summed E-state index contributed by atoms with van der Waals surface area (Å²) in [7, 11) is 0. The molecule has 4 atom stereocenters. The molecule has 4 saturated heterocycles. The molecule has 0 bridgehead atoms. The molecule has 6 heteroatoms. The molecule has 0 aliphatic carbocycles. The summed E-state index contributed by atoms with van der Waals surface area (Å²) in [5.41, 5.74) is 11.4. The van der Waals surface area contributed by atoms with E-state index < -0.39 is 0 Å². The van der Waals surface area contributed by atoms with E-state index in [0.29, 0.717) is 23.9 Å². The average Bonchev–Trinajstić information content (AvgIpc) is 4.03. The van der Waals surface area contributed by atoms with E-state index in [-0.39, 0.29) is 0 Å². The van der Waals surface area contributed by atoms with Crippen LogP contribution in [0.3, 0.4) is 0 Å². The van der Waals surface area contributed by atoms with Gasteiger partial charge in [0.2, 0.25) is 0 Å². The van der Waals surface area contributed by atoms with Crippen LogP contribution < -0.4 is 0 Å². The first kappa shape index (κ1) is 43.8. The minimum absolute atomic E-state index is 0.454. The van der Waals surface area contributed by atoms with E-state index in [1.54, 1.807) is 11.1 Å². The quantitative estimate of drug-likeness (QED) is 0.128. The van der Waals surface area contributed by atoms with Gasteiger partial charge in [0.25, 0.3) is 0 Å². The minimum atomic E-state index is 0.454. The van der Waals surface area contributed by atoms with Gasteiger partial charge in [-0.2, -0.15) is 0 Å². The Morgan fingerprint density at radius 3 is 1.29 bits per heavy atom. The van der Waals surface area contributed by atoms with E-state index >= 15 is 0 Å². The van der Waals surface area contributed by atoms with Crippen LogP contribution in [0, 0.1) is 23.7 Å². The van der Waals surface area contributed by atoms with Crippen LogP contribution in [0.5, 0.6) is 0 Å². The number of hydrogen-bond acceptors (Lipinski definition) is 6. The monoisotopic (exact) mass is 860 g/mol. The predicted molar refractivity (Wildman–Crippen MR) is 264 cm³/mol. The lowest BCUT2D eigenvalue weighted by atomic mass is 9.81. The van der Waals surface area contributed by atoms with Crippen LogP contribution in [0.1, 0.15) is 145 Å². The first-order valence-corrected chi connectivity index (χ1v) is 26.5. The summed E-state index contributed by atoms with van der Waals surface area (Å²) >= 11 is 3.63. The fraction of sp³-hybridized carbons (Fsp3) is 0.500. The van der Waals surface area contributed by atoms with Gasteiger partial charge in [-0.1, -0.05) is 72.9 Å². The molecule has 0 N–H and O–H groups in total. The Hall–Kier alpha value is -3.46. The molecule has 0 aromatic heterocycles. The van der Waals surface area contributed by atoms with Crippen LogP contribution in [-0.4, -0.2) is 97.6 Å². The van der Waals surface area contributed by atoms with E-state index in [4.69, 9.17) is 0 Å². The molecule has 324 valence electrons. The smallest absolute Gasteiger partial charge is 0.0351 e. The zero-order valence-corrected chi connectivity index (χ0v) is 39.2. The SMILES string of the molecule is CSc1ccc([C@@H]2CN3CCC[C@H]3c3ccc(C#CCCN4CCCCC4)cc32)cc1.CSc1ccc([C@H]2CN3CCC[C@H]3c3ccc(C#CCCN4CCCCC4)cc32)cc1. The highest BCUT2D eigenvalue weighted by atomic mass is 32.2. The number of fused-ring (bicyclic) bond motifs is 6. The molecular weight excluding hydrogens is 793 g/mol. The van der Waals surface area contributed by atoms with Gasteiger partial charge in [0.15, 0.2) is 0 Å². The second-order valence-corrected chi connectivity index (χ2v) is 20.3. The number of nitrogens with zero attached hydrogens (tertiary/aromatic N) is 4. The topological polar surface area (TPSA) is 13.0 Å². The molecule has 0 spiro atoms. The molecule has 4 nitrogen and oxygen atoms in total. The first-order chi connectivity index (χ1) is 30.6. The molecule has 4 fully saturated rings. The first-order valence-electron chi connectivity index (χ1n) is 24.1. The number of benzene rings is 4. The lowest BCUT2D eigenvalue weighted by molar-refractivity contribution is 0.230. The summed E-state index contributed by atoms with van der Waals surface area (Å²) in [6.07, 6.45) is 19.7. The van der Waals surface area contributed by atoms with Crippen molar-refractivity contribution in [2.75, 3.05) is 78.0 Å². The summed E-state index contributed by atoms with van der Waals surface area (Å²) < 4.78 is 0. The molecule has 0 unspecified atom stereocenters. The molecular formula is C56H68N4S2. The van der Waals surface area contributed by atoms with Crippen LogP contribution in [-0.2, 0) is 0 Å². The van der Waals surface area contributed by atoms with Crippen LogP contribution in [0.25, 0.3) is 0 Å². The van der Waals surface area contributed by atoms with Gasteiger partial charge in [-0.3, -0.25) is 9.80 Å². The number of likely N-dealkylation sites (tertiary alicyclic amines) is 2. The minimum Gasteiger partial charge on any atom is -0.302 e. The van der Waals surface area contributed by atoms with Crippen LogP contribution >= 0.6 is 23.5 Å². The third-order valence-corrected chi connectivity index (χ3v) is 16.2. The zero-order valence-electron chi connectivity index (χ0n) is 37.6. The zero-order chi connectivity index (χ0) is 42.1. The fourth-order valence-corrected chi connectivity index (χ4v) is 12.2. The van der Waals surface area contributed by atoms with E-state index in [0.717, 1.165) is 39.0 Å². The van der Waals surface area contributed by atoms with Gasteiger partial charge in [-0.05, 0) is 185 Å². The molecule has 0 saturated carbocycles. The maximum Gasteiger partial charge on any atom is 0.0351 e. The fourth-order valence-electron chi connectivity index (χ4n) is 11.3. The van der Waals surface area contributed by atoms with Crippen LogP contribution in [0.4, 0.5) is 0 Å². The Morgan fingerprint density at radius 2 is 0.887 bits per heavy atom. The molecule has 6 heterocycles. The third-order valence-electron chi connectivity index (χ3n) is 14.7. The number of hydrogen-bond donors (Lipinski definition) is 0. The van der Waals surface area contributed by atoms with Crippen molar-refractivity contribution in [1.29, 1.82) is 0 Å². The summed E-state index contributed by atoms with van der Waals surface area (Å²) in [6, 6.07) is 33.8. The summed E-state index contributed by atoms with van der Waals surface area (Å²) in [6.45, 7) is 12.0. The molecule has 4 aromatic rings. The summed E-state index contributed by atoms with van der Waals surface area (Å²) in [4.78, 5) is 13.3. The number of rotatable bonds is 8. The van der Waals surface area contributed by atoms with Gasteiger partial charge in [0, 0.05) is 83.9 Å².